The van der Waals surface area contributed by atoms with Gasteiger partial charge in [-0.25, -0.2) is 4.39 Å². The van der Waals surface area contributed by atoms with Crippen LogP contribution < -0.4 is 25.0 Å². The van der Waals surface area contributed by atoms with Crippen LogP contribution >= 0.6 is 11.3 Å². The number of nitrogens with zero attached hydrogens (tertiary/aromatic N) is 4. The van der Waals surface area contributed by atoms with Gasteiger partial charge in [0.1, 0.15) is 22.6 Å². The normalized spacial score (nSPS) is 14.1. The van der Waals surface area contributed by atoms with Crippen molar-refractivity contribution in [3.63, 3.8) is 0 Å². The third kappa shape index (κ3) is 4.42. The van der Waals surface area contributed by atoms with E-state index in [1.54, 1.807) is 24.3 Å². The van der Waals surface area contributed by atoms with Crippen molar-refractivity contribution in [2.75, 3.05) is 23.4 Å². The highest BCUT2D eigenvalue weighted by Crippen LogP contribution is 2.35. The lowest BCUT2D eigenvalue weighted by Gasteiger charge is -2.16. The van der Waals surface area contributed by atoms with Crippen molar-refractivity contribution in [2.45, 2.75) is 6.92 Å². The first-order chi connectivity index (χ1) is 18.9. The fourth-order valence-electron chi connectivity index (χ4n) is 4.41. The van der Waals surface area contributed by atoms with E-state index < -0.39 is 23.2 Å². The van der Waals surface area contributed by atoms with Crippen molar-refractivity contribution >= 4 is 45.1 Å². The number of amides is 2. The number of hydrogen-bond acceptors (Lipinski definition) is 7. The Morgan fingerprint density at radius 3 is 2.49 bits per heavy atom. The monoisotopic (exact) mass is 541 g/mol. The number of carbonyl (C=O) groups excluding carboxylic acids is 2. The van der Waals surface area contributed by atoms with Gasteiger partial charge in [-0.3, -0.25) is 19.3 Å². The highest BCUT2D eigenvalue weighted by molar-refractivity contribution is 7.15. The Morgan fingerprint density at radius 2 is 1.77 bits per heavy atom. The molecular formula is C28H20FN5O4S. The van der Waals surface area contributed by atoms with E-state index in [9.17, 15) is 18.8 Å². The molecule has 0 unspecified atom stereocenters. The van der Waals surface area contributed by atoms with Gasteiger partial charge in [0.25, 0.3) is 11.5 Å². The number of para-hydroxylation sites is 1. The van der Waals surface area contributed by atoms with E-state index in [2.05, 4.69) is 15.4 Å². The van der Waals surface area contributed by atoms with Crippen LogP contribution in [0.4, 0.5) is 15.8 Å². The van der Waals surface area contributed by atoms with E-state index in [0.29, 0.717) is 34.3 Å². The number of fused-ring (bicyclic) bond motifs is 2. The van der Waals surface area contributed by atoms with Gasteiger partial charge in [-0.05, 0) is 61.5 Å². The maximum Gasteiger partial charge on any atom is 0.291 e. The van der Waals surface area contributed by atoms with Crippen LogP contribution in [0.25, 0.3) is 21.9 Å². The number of nitrogens with one attached hydrogen (secondary N) is 1. The van der Waals surface area contributed by atoms with E-state index in [-0.39, 0.29) is 16.7 Å². The van der Waals surface area contributed by atoms with Crippen LogP contribution in [0.1, 0.15) is 12.5 Å². The summed E-state index contributed by atoms with van der Waals surface area (Å²) in [5.74, 6) is -0.252. The quantitative estimate of drug-likeness (QED) is 0.354. The van der Waals surface area contributed by atoms with Crippen molar-refractivity contribution in [3.8, 4) is 17.1 Å². The number of benzene rings is 3. The molecule has 0 radical (unpaired) electrons. The van der Waals surface area contributed by atoms with Crippen molar-refractivity contribution in [2.24, 2.45) is 0 Å². The predicted molar refractivity (Wildman–Crippen MR) is 145 cm³/mol. The van der Waals surface area contributed by atoms with Crippen LogP contribution in [0.5, 0.6) is 5.75 Å². The van der Waals surface area contributed by atoms with Gasteiger partial charge in [0.05, 0.1) is 17.9 Å². The molecule has 0 fully saturated rings. The average Bonchev–Trinajstić information content (AvgIpc) is 3.57. The lowest BCUT2D eigenvalue weighted by atomic mass is 10.1. The molecule has 0 saturated heterocycles. The molecule has 0 spiro atoms. The van der Waals surface area contributed by atoms with Crippen molar-refractivity contribution in [3.05, 3.63) is 99.1 Å². The molecule has 1 aliphatic rings. The number of thiazole rings is 1. The summed E-state index contributed by atoms with van der Waals surface area (Å²) in [5, 5.41) is 7.05. The summed E-state index contributed by atoms with van der Waals surface area (Å²) in [5.41, 5.74) is 1.93. The molecule has 1 N–H and O–H groups in total. The first kappa shape index (κ1) is 24.4. The number of halogens is 1. The third-order valence-corrected chi connectivity index (χ3v) is 7.19. The fraction of sp³-hybridized carbons (Fsp3) is 0.107. The zero-order valence-electron chi connectivity index (χ0n) is 20.6. The van der Waals surface area contributed by atoms with E-state index in [1.165, 1.54) is 33.7 Å². The largest absolute Gasteiger partial charge is 0.494 e. The summed E-state index contributed by atoms with van der Waals surface area (Å²) in [6.45, 7) is 2.17. The molecule has 11 heteroatoms. The summed E-state index contributed by atoms with van der Waals surface area (Å²) in [6.07, 6.45) is 0. The van der Waals surface area contributed by atoms with Crippen molar-refractivity contribution in [1.29, 1.82) is 0 Å². The molecule has 9 nitrogen and oxygen atoms in total. The van der Waals surface area contributed by atoms with Crippen LogP contribution in [0.3, 0.4) is 0 Å². The number of hydrogen-bond donors (Lipinski definition) is 1. The van der Waals surface area contributed by atoms with Gasteiger partial charge in [0.2, 0.25) is 10.9 Å². The van der Waals surface area contributed by atoms with Gasteiger partial charge in [-0.15, -0.1) is 5.10 Å². The Bertz CT molecular complexity index is 1850. The molecule has 0 aliphatic carbocycles. The molecule has 39 heavy (non-hydrogen) atoms. The topological polar surface area (TPSA) is 106 Å². The Morgan fingerprint density at radius 1 is 1.03 bits per heavy atom. The van der Waals surface area contributed by atoms with Gasteiger partial charge in [0.15, 0.2) is 5.82 Å². The summed E-state index contributed by atoms with van der Waals surface area (Å²) in [6, 6.07) is 19.6. The maximum atomic E-state index is 13.6. The van der Waals surface area contributed by atoms with Crippen LogP contribution in [0, 0.1) is 5.82 Å². The first-order valence-corrected chi connectivity index (χ1v) is 12.9. The molecule has 3 heterocycles. The SMILES string of the molecule is CCOc1ccc(-c2nc3sc(=C4C(=O)N(CC(=O)Nc5ccc(F)cc5)c5ccccc54)c(=O)n3n2)cc1. The number of ether oxygens (including phenoxy) is 1. The van der Waals surface area contributed by atoms with Gasteiger partial charge >= 0.3 is 0 Å². The maximum absolute atomic E-state index is 13.6. The molecule has 5 aromatic rings. The molecule has 0 bridgehead atoms. The Kier molecular flexibility index (Phi) is 6.12. The van der Waals surface area contributed by atoms with Crippen LogP contribution in [-0.4, -0.2) is 39.6 Å². The lowest BCUT2D eigenvalue weighted by molar-refractivity contribution is -0.118. The molecule has 6 rings (SSSR count). The molecule has 1 aliphatic heterocycles. The summed E-state index contributed by atoms with van der Waals surface area (Å²) < 4.78 is 20.1. The van der Waals surface area contributed by atoms with Crippen LogP contribution in [-0.2, 0) is 9.59 Å². The van der Waals surface area contributed by atoms with E-state index >= 15 is 0 Å². The van der Waals surface area contributed by atoms with Gasteiger partial charge in [0, 0.05) is 16.8 Å². The molecule has 0 atom stereocenters. The molecule has 2 amide bonds. The van der Waals surface area contributed by atoms with Crippen LogP contribution in [0.2, 0.25) is 0 Å². The Balaban J connectivity index is 1.35. The Hall–Kier alpha value is -4.90. The van der Waals surface area contributed by atoms with Crippen molar-refractivity contribution < 1.29 is 18.7 Å². The third-order valence-electron chi connectivity index (χ3n) is 6.16. The Labute approximate surface area is 224 Å². The first-order valence-electron chi connectivity index (χ1n) is 12.1. The highest BCUT2D eigenvalue weighted by atomic mass is 32.1. The average molecular weight is 542 g/mol. The second-order valence-corrected chi connectivity index (χ2v) is 9.64. The zero-order valence-corrected chi connectivity index (χ0v) is 21.4. The summed E-state index contributed by atoms with van der Waals surface area (Å²) >= 11 is 1.07. The standard InChI is InChI=1S/C28H20FN5O4S/c1-2-38-19-13-7-16(8-14-19)25-31-28-34(32-25)27(37)24(39-28)23-20-5-3-4-6-21(20)33(26(23)36)15-22(35)30-18-11-9-17(29)10-12-18/h3-14H,2,15H2,1H3,(H,30,35). The van der Waals surface area contributed by atoms with Crippen molar-refractivity contribution in [1.82, 2.24) is 14.6 Å². The molecule has 194 valence electrons. The summed E-state index contributed by atoms with van der Waals surface area (Å²) in [7, 11) is 0. The second kappa shape index (κ2) is 9.76. The van der Waals surface area contributed by atoms with Gasteiger partial charge in [-0.1, -0.05) is 29.5 Å². The van der Waals surface area contributed by atoms with E-state index in [4.69, 9.17) is 4.74 Å². The van der Waals surface area contributed by atoms with Gasteiger partial charge < -0.3 is 10.1 Å². The fourth-order valence-corrected chi connectivity index (χ4v) is 5.41. The highest BCUT2D eigenvalue weighted by Gasteiger charge is 2.35. The number of aromatic nitrogens is 3. The predicted octanol–water partition coefficient (Wildman–Crippen LogP) is 3.26. The number of carbonyl (C=O) groups is 2. The van der Waals surface area contributed by atoms with Crippen LogP contribution in [0.15, 0.2) is 77.6 Å². The van der Waals surface area contributed by atoms with E-state index in [0.717, 1.165) is 22.6 Å². The molecule has 0 saturated carbocycles. The second-order valence-electron chi connectivity index (χ2n) is 8.66. The van der Waals surface area contributed by atoms with E-state index in [1.807, 2.05) is 31.2 Å². The minimum absolute atomic E-state index is 0.196. The zero-order chi connectivity index (χ0) is 27.1. The van der Waals surface area contributed by atoms with Gasteiger partial charge in [-0.2, -0.15) is 9.50 Å². The molecule has 3 aromatic carbocycles. The minimum Gasteiger partial charge on any atom is -0.494 e. The number of anilines is 2. The molecular weight excluding hydrogens is 521 g/mol. The number of rotatable bonds is 6. The smallest absolute Gasteiger partial charge is 0.291 e. The molecule has 2 aromatic heterocycles. The summed E-state index contributed by atoms with van der Waals surface area (Å²) in [4.78, 5) is 45.9. The lowest BCUT2D eigenvalue weighted by Crippen LogP contribution is -2.37. The minimum atomic E-state index is -0.473.